The maximum atomic E-state index is 10.5. The zero-order valence-corrected chi connectivity index (χ0v) is 9.90. The van der Waals surface area contributed by atoms with E-state index < -0.39 is 5.97 Å². The summed E-state index contributed by atoms with van der Waals surface area (Å²) in [5.41, 5.74) is 1.22. The molecule has 3 heteroatoms. The molecule has 0 aromatic heterocycles. The molecule has 0 aliphatic rings. The molecule has 0 aliphatic heterocycles. The molecule has 0 unspecified atom stereocenters. The van der Waals surface area contributed by atoms with Gasteiger partial charge in [-0.05, 0) is 23.3 Å². The van der Waals surface area contributed by atoms with E-state index >= 15 is 0 Å². The summed E-state index contributed by atoms with van der Waals surface area (Å²) < 4.78 is 4.85. The van der Waals surface area contributed by atoms with E-state index in [9.17, 15) is 4.79 Å². The quantitative estimate of drug-likeness (QED) is 0.417. The number of methoxy groups -OCH3 is 1. The van der Waals surface area contributed by atoms with Crippen LogP contribution in [0.1, 0.15) is 0 Å². The smallest absolute Gasteiger partial charge is 0.335 e. The van der Waals surface area contributed by atoms with Gasteiger partial charge in [-0.15, -0.1) is 0 Å². The molecule has 0 saturated carbocycles. The predicted molar refractivity (Wildman–Crippen MR) is 69.5 cm³/mol. The molecule has 0 aromatic rings. The van der Waals surface area contributed by atoms with Crippen LogP contribution in [-0.4, -0.2) is 18.2 Å². The van der Waals surface area contributed by atoms with Crippen molar-refractivity contribution in [3.63, 3.8) is 0 Å². The Bertz CT molecular complexity index is 423. The second-order valence-corrected chi connectivity index (χ2v) is 3.22. The van der Waals surface area contributed by atoms with Crippen LogP contribution in [0.25, 0.3) is 0 Å². The van der Waals surface area contributed by atoms with Gasteiger partial charge in [-0.2, -0.15) is 0 Å². The molecule has 3 nitrogen and oxygen atoms in total. The first-order valence-electron chi connectivity index (χ1n) is 4.78. The third-order valence-corrected chi connectivity index (χ3v) is 1.91. The van der Waals surface area contributed by atoms with E-state index in [-0.39, 0.29) is 5.57 Å². The van der Waals surface area contributed by atoms with Crippen molar-refractivity contribution in [2.45, 2.75) is 0 Å². The van der Waals surface area contributed by atoms with Crippen LogP contribution in [0.4, 0.5) is 0 Å². The van der Waals surface area contributed by atoms with Crippen molar-refractivity contribution in [1.29, 1.82) is 0 Å². The van der Waals surface area contributed by atoms with Gasteiger partial charge in [0.2, 0.25) is 0 Å². The summed E-state index contributed by atoms with van der Waals surface area (Å²) in [7, 11) is 1.51. The summed E-state index contributed by atoms with van der Waals surface area (Å²) in [6, 6.07) is 0. The standard InChI is InChI=1S/C14H16O3/c1-10(6-7-12(3)14(15)16)11(2)8-9-13(4)17-5/h6-9H,1-4H2,5H3,(H,15,16)/b7-6-,9-8-. The average Bonchev–Trinajstić information content (AvgIpc) is 2.31. The SMILES string of the molecule is C=C(/C=C\C(=C)C(=C)/C=C\C(=C)C(=O)O)OC. The normalized spacial score (nSPS) is 10.4. The van der Waals surface area contributed by atoms with Crippen molar-refractivity contribution in [3.8, 4) is 0 Å². The lowest BCUT2D eigenvalue weighted by Gasteiger charge is -2.00. The molecule has 0 aromatic carbocycles. The fourth-order valence-corrected chi connectivity index (χ4v) is 0.748. The van der Waals surface area contributed by atoms with Crippen molar-refractivity contribution >= 4 is 5.97 Å². The number of ether oxygens (including phenoxy) is 1. The van der Waals surface area contributed by atoms with Crippen molar-refractivity contribution in [2.24, 2.45) is 0 Å². The predicted octanol–water partition coefficient (Wildman–Crippen LogP) is 3.01. The summed E-state index contributed by atoms with van der Waals surface area (Å²) in [6.07, 6.45) is 6.24. The van der Waals surface area contributed by atoms with Gasteiger partial charge < -0.3 is 9.84 Å². The zero-order chi connectivity index (χ0) is 13.4. The van der Waals surface area contributed by atoms with Gasteiger partial charge in [0.15, 0.2) is 0 Å². The van der Waals surface area contributed by atoms with E-state index in [0.29, 0.717) is 16.9 Å². The van der Waals surface area contributed by atoms with Crippen molar-refractivity contribution < 1.29 is 14.6 Å². The lowest BCUT2D eigenvalue weighted by Crippen LogP contribution is -1.95. The van der Waals surface area contributed by atoms with E-state index in [1.165, 1.54) is 13.2 Å². The lowest BCUT2D eigenvalue weighted by molar-refractivity contribution is -0.132. The van der Waals surface area contributed by atoms with Crippen LogP contribution in [0, 0.1) is 0 Å². The average molecular weight is 232 g/mol. The Morgan fingerprint density at radius 1 is 0.941 bits per heavy atom. The van der Waals surface area contributed by atoms with Crippen LogP contribution < -0.4 is 0 Å². The summed E-state index contributed by atoms with van der Waals surface area (Å²) in [4.78, 5) is 10.5. The third kappa shape index (κ3) is 5.99. The molecule has 17 heavy (non-hydrogen) atoms. The molecule has 1 N–H and O–H groups in total. The van der Waals surface area contributed by atoms with Crippen LogP contribution in [0.3, 0.4) is 0 Å². The Balaban J connectivity index is 4.48. The molecular formula is C14H16O3. The van der Waals surface area contributed by atoms with Crippen molar-refractivity contribution in [2.75, 3.05) is 7.11 Å². The number of hydrogen-bond donors (Lipinski definition) is 1. The van der Waals surface area contributed by atoms with Gasteiger partial charge in [0.1, 0.15) is 5.76 Å². The zero-order valence-electron chi connectivity index (χ0n) is 9.90. The number of carbonyl (C=O) groups is 1. The molecule has 0 saturated heterocycles. The Kier molecular flexibility index (Phi) is 6.11. The van der Waals surface area contributed by atoms with E-state index in [4.69, 9.17) is 9.84 Å². The minimum Gasteiger partial charge on any atom is -0.497 e. The van der Waals surface area contributed by atoms with E-state index in [1.54, 1.807) is 18.2 Å². The van der Waals surface area contributed by atoms with Crippen LogP contribution >= 0.6 is 0 Å². The first-order valence-corrected chi connectivity index (χ1v) is 4.78. The molecular weight excluding hydrogens is 216 g/mol. The number of aliphatic carboxylic acids is 1. The highest BCUT2D eigenvalue weighted by molar-refractivity contribution is 5.89. The van der Waals surface area contributed by atoms with E-state index in [1.807, 2.05) is 0 Å². The van der Waals surface area contributed by atoms with Crippen LogP contribution in [0.15, 0.2) is 73.1 Å². The second-order valence-electron chi connectivity index (χ2n) is 3.22. The van der Waals surface area contributed by atoms with E-state index in [2.05, 4.69) is 26.3 Å². The van der Waals surface area contributed by atoms with Gasteiger partial charge in [0.25, 0.3) is 0 Å². The van der Waals surface area contributed by atoms with Gasteiger partial charge >= 0.3 is 5.97 Å². The summed E-state index contributed by atoms with van der Waals surface area (Å²) in [6.45, 7) is 14.5. The Morgan fingerprint density at radius 2 is 1.35 bits per heavy atom. The lowest BCUT2D eigenvalue weighted by atomic mass is 10.1. The summed E-state index contributed by atoms with van der Waals surface area (Å²) >= 11 is 0. The first-order chi connectivity index (χ1) is 7.88. The van der Waals surface area contributed by atoms with Gasteiger partial charge in [0.05, 0.1) is 12.7 Å². The fraction of sp³-hybridized carbons (Fsp3) is 0.0714. The minimum atomic E-state index is -1.07. The molecule has 0 rings (SSSR count). The van der Waals surface area contributed by atoms with Crippen LogP contribution in [-0.2, 0) is 9.53 Å². The summed E-state index contributed by atoms with van der Waals surface area (Å²) in [5.74, 6) is -0.569. The molecule has 0 radical (unpaired) electrons. The van der Waals surface area contributed by atoms with Crippen molar-refractivity contribution in [3.05, 3.63) is 73.1 Å². The van der Waals surface area contributed by atoms with Gasteiger partial charge in [-0.1, -0.05) is 38.5 Å². The summed E-state index contributed by atoms with van der Waals surface area (Å²) in [5, 5.41) is 8.60. The number of carboxylic acid groups (broad SMARTS) is 1. The molecule has 0 amide bonds. The Morgan fingerprint density at radius 3 is 1.76 bits per heavy atom. The molecule has 0 atom stereocenters. The highest BCUT2D eigenvalue weighted by atomic mass is 16.5. The van der Waals surface area contributed by atoms with Gasteiger partial charge in [0, 0.05) is 0 Å². The maximum absolute atomic E-state index is 10.5. The van der Waals surface area contributed by atoms with Gasteiger partial charge in [-0.3, -0.25) is 0 Å². The van der Waals surface area contributed by atoms with Crippen LogP contribution in [0.5, 0.6) is 0 Å². The maximum Gasteiger partial charge on any atom is 0.335 e. The second kappa shape index (κ2) is 7.06. The monoisotopic (exact) mass is 232 g/mol. The molecule has 0 aliphatic carbocycles. The van der Waals surface area contributed by atoms with E-state index in [0.717, 1.165) is 0 Å². The highest BCUT2D eigenvalue weighted by Gasteiger charge is 1.98. The molecule has 0 heterocycles. The number of carboxylic acids is 1. The molecule has 0 fully saturated rings. The Hall–Kier alpha value is -2.29. The van der Waals surface area contributed by atoms with Gasteiger partial charge in [-0.25, -0.2) is 4.79 Å². The highest BCUT2D eigenvalue weighted by Crippen LogP contribution is 2.11. The number of rotatable bonds is 7. The first kappa shape index (κ1) is 14.7. The van der Waals surface area contributed by atoms with Crippen molar-refractivity contribution in [1.82, 2.24) is 0 Å². The Labute approximate surface area is 101 Å². The third-order valence-electron chi connectivity index (χ3n) is 1.91. The largest absolute Gasteiger partial charge is 0.497 e. The molecule has 0 spiro atoms. The fourth-order valence-electron chi connectivity index (χ4n) is 0.748. The molecule has 0 bridgehead atoms. The number of hydrogen-bond acceptors (Lipinski definition) is 2. The molecule has 90 valence electrons. The van der Waals surface area contributed by atoms with Crippen LogP contribution in [0.2, 0.25) is 0 Å². The number of allylic oxidation sites excluding steroid dienone is 5. The minimum absolute atomic E-state index is 0.00997. The topological polar surface area (TPSA) is 46.5 Å².